The lowest BCUT2D eigenvalue weighted by Gasteiger charge is -2.13. The highest BCUT2D eigenvalue weighted by atomic mass is 16.6. The van der Waals surface area contributed by atoms with Crippen LogP contribution in [0.3, 0.4) is 0 Å². The summed E-state index contributed by atoms with van der Waals surface area (Å²) in [6.45, 7) is 0. The number of rotatable bonds is 6. The first-order chi connectivity index (χ1) is 16.8. The zero-order valence-corrected chi connectivity index (χ0v) is 19.0. The van der Waals surface area contributed by atoms with Crippen molar-refractivity contribution in [2.45, 2.75) is 0 Å². The highest BCUT2D eigenvalue weighted by Gasteiger charge is 2.21. The summed E-state index contributed by atoms with van der Waals surface area (Å²) in [6.07, 6.45) is 1.58. The van der Waals surface area contributed by atoms with Crippen molar-refractivity contribution in [2.75, 3.05) is 19.0 Å². The number of hydrogen-bond donors (Lipinski definition) is 2. The maximum atomic E-state index is 13.0. The molecule has 1 heterocycles. The van der Waals surface area contributed by atoms with E-state index in [2.05, 4.69) is 16.0 Å². The third-order valence-electron chi connectivity index (χ3n) is 5.23. The molecule has 0 saturated heterocycles. The van der Waals surface area contributed by atoms with Gasteiger partial charge in [-0.1, -0.05) is 48.5 Å². The van der Waals surface area contributed by atoms with E-state index in [0.717, 1.165) is 11.3 Å². The fraction of sp³-hybridized carbons (Fsp3) is 0.0800. The summed E-state index contributed by atoms with van der Waals surface area (Å²) in [5, 5.41) is 16.0. The summed E-state index contributed by atoms with van der Waals surface area (Å²) in [7, 11) is 3.34. The van der Waals surface area contributed by atoms with Crippen LogP contribution < -0.4 is 15.8 Å². The molecular formula is C25H22N6O4. The average molecular weight is 470 g/mol. The Balaban J connectivity index is 1.58. The van der Waals surface area contributed by atoms with Crippen LogP contribution in [-0.2, 0) is 0 Å². The SMILES string of the molecule is CN(C)c1ccc(C(=O)NNC(=O)c2cn(-c3ccccc3)nc2-c2ccccc2)cc1[N+](=O)[O-]. The van der Waals surface area contributed by atoms with Gasteiger partial charge in [-0.05, 0) is 24.3 Å². The number of nitrogens with zero attached hydrogens (tertiary/aromatic N) is 4. The molecule has 1 aromatic heterocycles. The first-order valence-electron chi connectivity index (χ1n) is 10.6. The molecule has 0 spiro atoms. The number of nitro benzene ring substituents is 1. The van der Waals surface area contributed by atoms with Crippen molar-refractivity contribution < 1.29 is 14.5 Å². The van der Waals surface area contributed by atoms with E-state index < -0.39 is 16.7 Å². The number of para-hydroxylation sites is 1. The molecule has 10 heteroatoms. The van der Waals surface area contributed by atoms with E-state index in [1.54, 1.807) is 29.9 Å². The fourth-order valence-corrected chi connectivity index (χ4v) is 3.50. The number of amides is 2. The summed E-state index contributed by atoms with van der Waals surface area (Å²) in [6, 6.07) is 22.6. The van der Waals surface area contributed by atoms with Gasteiger partial charge in [-0.25, -0.2) is 4.68 Å². The van der Waals surface area contributed by atoms with E-state index in [9.17, 15) is 19.7 Å². The Bertz CT molecular complexity index is 1380. The number of carbonyl (C=O) groups excluding carboxylic acids is 2. The van der Waals surface area contributed by atoms with Gasteiger partial charge in [0.15, 0.2) is 0 Å². The topological polar surface area (TPSA) is 122 Å². The maximum Gasteiger partial charge on any atom is 0.293 e. The van der Waals surface area contributed by atoms with Crippen LogP contribution in [0, 0.1) is 10.1 Å². The normalized spacial score (nSPS) is 10.5. The molecule has 0 radical (unpaired) electrons. The van der Waals surface area contributed by atoms with Crippen LogP contribution in [-0.4, -0.2) is 40.6 Å². The summed E-state index contributed by atoms with van der Waals surface area (Å²) in [5.74, 6) is -1.28. The first-order valence-corrected chi connectivity index (χ1v) is 10.6. The number of aromatic nitrogens is 2. The zero-order valence-electron chi connectivity index (χ0n) is 19.0. The largest absolute Gasteiger partial charge is 0.372 e. The third-order valence-corrected chi connectivity index (χ3v) is 5.23. The van der Waals surface area contributed by atoms with E-state index in [-0.39, 0.29) is 16.8 Å². The van der Waals surface area contributed by atoms with Crippen LogP contribution in [0.15, 0.2) is 85.1 Å². The van der Waals surface area contributed by atoms with Gasteiger partial charge in [-0.2, -0.15) is 5.10 Å². The summed E-state index contributed by atoms with van der Waals surface area (Å²) in [5.41, 5.74) is 7.06. The smallest absolute Gasteiger partial charge is 0.293 e. The molecule has 0 unspecified atom stereocenters. The summed E-state index contributed by atoms with van der Waals surface area (Å²) in [4.78, 5) is 38.1. The molecule has 0 aliphatic rings. The lowest BCUT2D eigenvalue weighted by atomic mass is 10.1. The van der Waals surface area contributed by atoms with E-state index in [1.165, 1.54) is 18.2 Å². The van der Waals surface area contributed by atoms with Crippen LogP contribution in [0.5, 0.6) is 0 Å². The molecule has 0 bridgehead atoms. The monoisotopic (exact) mass is 470 g/mol. The molecular weight excluding hydrogens is 448 g/mol. The molecule has 2 N–H and O–H groups in total. The second kappa shape index (κ2) is 9.87. The van der Waals surface area contributed by atoms with E-state index in [1.807, 2.05) is 60.7 Å². The van der Waals surface area contributed by atoms with Crippen molar-refractivity contribution in [2.24, 2.45) is 0 Å². The number of anilines is 1. The molecule has 176 valence electrons. The Labute approximate surface area is 200 Å². The Morgan fingerprint density at radius 1 is 0.914 bits per heavy atom. The van der Waals surface area contributed by atoms with Crippen molar-refractivity contribution in [1.82, 2.24) is 20.6 Å². The molecule has 35 heavy (non-hydrogen) atoms. The lowest BCUT2D eigenvalue weighted by Crippen LogP contribution is -2.41. The number of nitrogens with one attached hydrogen (secondary N) is 2. The molecule has 3 aromatic carbocycles. The van der Waals surface area contributed by atoms with Crippen LogP contribution in [0.2, 0.25) is 0 Å². The highest BCUT2D eigenvalue weighted by Crippen LogP contribution is 2.28. The standard InChI is InChI=1S/C25H22N6O4/c1-29(2)21-14-13-18(15-22(21)31(34)35)24(32)26-27-25(33)20-16-30(19-11-7-4-8-12-19)28-23(20)17-9-5-3-6-10-17/h3-16H,1-2H3,(H,26,32)(H,27,33). The van der Waals surface area contributed by atoms with E-state index >= 15 is 0 Å². The number of hydrogen-bond acceptors (Lipinski definition) is 6. The van der Waals surface area contributed by atoms with Crippen molar-refractivity contribution >= 4 is 23.2 Å². The molecule has 2 amide bonds. The van der Waals surface area contributed by atoms with Crippen LogP contribution in [0.25, 0.3) is 16.9 Å². The Hall–Kier alpha value is -4.99. The maximum absolute atomic E-state index is 13.0. The summed E-state index contributed by atoms with van der Waals surface area (Å²) < 4.78 is 1.59. The van der Waals surface area contributed by atoms with Gasteiger partial charge < -0.3 is 4.90 Å². The third kappa shape index (κ3) is 5.01. The second-order valence-corrected chi connectivity index (χ2v) is 7.80. The second-order valence-electron chi connectivity index (χ2n) is 7.80. The minimum atomic E-state index is -0.691. The molecule has 4 rings (SSSR count). The van der Waals surface area contributed by atoms with Gasteiger partial charge in [-0.15, -0.1) is 0 Å². The number of benzene rings is 3. The van der Waals surface area contributed by atoms with Crippen LogP contribution in [0.4, 0.5) is 11.4 Å². The molecule has 0 aliphatic carbocycles. The average Bonchev–Trinajstić information content (AvgIpc) is 3.33. The van der Waals surface area contributed by atoms with E-state index in [4.69, 9.17) is 0 Å². The van der Waals surface area contributed by atoms with Gasteiger partial charge >= 0.3 is 0 Å². The molecule has 0 atom stereocenters. The molecule has 4 aromatic rings. The van der Waals surface area contributed by atoms with Gasteiger partial charge in [0, 0.05) is 37.5 Å². The number of hydrazine groups is 1. The minimum absolute atomic E-state index is 0.0332. The van der Waals surface area contributed by atoms with Gasteiger partial charge in [0.1, 0.15) is 11.4 Å². The fourth-order valence-electron chi connectivity index (χ4n) is 3.50. The summed E-state index contributed by atoms with van der Waals surface area (Å²) >= 11 is 0. The van der Waals surface area contributed by atoms with Crippen LogP contribution in [0.1, 0.15) is 20.7 Å². The molecule has 0 fully saturated rings. The first kappa shape index (κ1) is 23.2. The number of nitro groups is 1. The molecule has 0 saturated carbocycles. The van der Waals surface area contributed by atoms with E-state index in [0.29, 0.717) is 11.4 Å². The Morgan fingerprint density at radius 2 is 1.54 bits per heavy atom. The van der Waals surface area contributed by atoms with Crippen molar-refractivity contribution in [3.8, 4) is 16.9 Å². The van der Waals surface area contributed by atoms with Gasteiger partial charge in [-0.3, -0.25) is 30.6 Å². The van der Waals surface area contributed by atoms with Crippen molar-refractivity contribution in [3.63, 3.8) is 0 Å². The van der Waals surface area contributed by atoms with Crippen molar-refractivity contribution in [3.05, 3.63) is 106 Å². The van der Waals surface area contributed by atoms with Crippen LogP contribution >= 0.6 is 0 Å². The zero-order chi connectivity index (χ0) is 24.9. The molecule has 0 aliphatic heterocycles. The number of carbonyl (C=O) groups is 2. The lowest BCUT2D eigenvalue weighted by molar-refractivity contribution is -0.384. The Kier molecular flexibility index (Phi) is 6.54. The Morgan fingerprint density at radius 3 is 2.17 bits per heavy atom. The van der Waals surface area contributed by atoms with Gasteiger partial charge in [0.05, 0.1) is 16.2 Å². The van der Waals surface area contributed by atoms with Gasteiger partial charge in [0.25, 0.3) is 17.5 Å². The highest BCUT2D eigenvalue weighted by molar-refractivity contribution is 6.02. The predicted octanol–water partition coefficient (Wildman–Crippen LogP) is 3.59. The van der Waals surface area contributed by atoms with Gasteiger partial charge in [0.2, 0.25) is 0 Å². The molecule has 10 nitrogen and oxygen atoms in total. The minimum Gasteiger partial charge on any atom is -0.372 e. The predicted molar refractivity (Wildman–Crippen MR) is 131 cm³/mol. The quantitative estimate of drug-likeness (QED) is 0.328. The van der Waals surface area contributed by atoms with Crippen molar-refractivity contribution in [1.29, 1.82) is 0 Å².